The minimum absolute atomic E-state index is 0.00182. The van der Waals surface area contributed by atoms with Gasteiger partial charge in [0.25, 0.3) is 0 Å². The molecule has 2 aliphatic rings. The maximum atomic E-state index is 12.6. The first-order valence-corrected chi connectivity index (χ1v) is 7.98. The molecule has 1 N–H and O–H groups in total. The van der Waals surface area contributed by atoms with Crippen molar-refractivity contribution in [2.24, 2.45) is 5.92 Å². The van der Waals surface area contributed by atoms with Crippen LogP contribution in [-0.2, 0) is 4.74 Å². The first-order valence-electron chi connectivity index (χ1n) is 7.98. The second-order valence-electron chi connectivity index (χ2n) is 6.37. The fraction of sp³-hybridized carbons (Fsp3) is 0.800. The van der Waals surface area contributed by atoms with Gasteiger partial charge in [0.2, 0.25) is 5.89 Å². The van der Waals surface area contributed by atoms with E-state index in [0.29, 0.717) is 30.6 Å². The van der Waals surface area contributed by atoms with Crippen molar-refractivity contribution in [3.05, 3.63) is 11.7 Å². The average molecular weight is 308 g/mol. The molecule has 3 atom stereocenters. The quantitative estimate of drug-likeness (QED) is 0.920. The third-order valence-electron chi connectivity index (χ3n) is 4.89. The summed E-state index contributed by atoms with van der Waals surface area (Å²) in [7, 11) is 1.67. The summed E-state index contributed by atoms with van der Waals surface area (Å²) in [4.78, 5) is 18.7. The number of nitrogens with zero attached hydrogens (tertiary/aromatic N) is 3. The van der Waals surface area contributed by atoms with Crippen molar-refractivity contribution in [3.8, 4) is 0 Å². The number of rotatable bonds is 4. The number of hydrogen-bond donors (Lipinski definition) is 1. The van der Waals surface area contributed by atoms with Crippen LogP contribution in [0.2, 0.25) is 0 Å². The summed E-state index contributed by atoms with van der Waals surface area (Å²) in [6.45, 7) is 4.40. The number of aryl methyl sites for hydroxylation is 1. The molecule has 0 spiro atoms. The van der Waals surface area contributed by atoms with Crippen molar-refractivity contribution in [3.63, 3.8) is 0 Å². The summed E-state index contributed by atoms with van der Waals surface area (Å²) in [5, 5.41) is 6.95. The summed E-state index contributed by atoms with van der Waals surface area (Å²) in [6.07, 6.45) is 4.36. The number of amides is 2. The summed E-state index contributed by atoms with van der Waals surface area (Å²) >= 11 is 0. The minimum Gasteiger partial charge on any atom is -0.380 e. The maximum absolute atomic E-state index is 12.6. The van der Waals surface area contributed by atoms with Gasteiger partial charge in [-0.2, -0.15) is 4.98 Å². The SMILES string of the molecule is CO[C@H]1C[C@H](c2nc(C)no2)N(C(=O)N[C@H](C)C2CCC2)C1. The highest BCUT2D eigenvalue weighted by Gasteiger charge is 2.40. The van der Waals surface area contributed by atoms with Gasteiger partial charge in [-0.3, -0.25) is 0 Å². The number of carbonyl (C=O) groups is 1. The largest absolute Gasteiger partial charge is 0.380 e. The molecule has 3 rings (SSSR count). The number of ether oxygens (including phenoxy) is 1. The van der Waals surface area contributed by atoms with Crippen LogP contribution in [0.5, 0.6) is 0 Å². The molecule has 1 aliphatic carbocycles. The van der Waals surface area contributed by atoms with Gasteiger partial charge in [0.1, 0.15) is 6.04 Å². The van der Waals surface area contributed by atoms with E-state index in [1.165, 1.54) is 19.3 Å². The van der Waals surface area contributed by atoms with Gasteiger partial charge in [0.15, 0.2) is 5.82 Å². The van der Waals surface area contributed by atoms with Crippen molar-refractivity contribution in [2.45, 2.75) is 57.7 Å². The van der Waals surface area contributed by atoms with Gasteiger partial charge in [-0.05, 0) is 32.6 Å². The van der Waals surface area contributed by atoms with Crippen molar-refractivity contribution < 1.29 is 14.1 Å². The number of methoxy groups -OCH3 is 1. The lowest BCUT2D eigenvalue weighted by molar-refractivity contribution is 0.109. The number of nitrogens with one attached hydrogen (secondary N) is 1. The van der Waals surface area contributed by atoms with Crippen molar-refractivity contribution >= 4 is 6.03 Å². The standard InChI is InChI=1S/C15H24N4O3/c1-9(11-5-4-6-11)16-15(20)19-8-12(21-3)7-13(19)14-17-10(2)18-22-14/h9,11-13H,4-8H2,1-3H3,(H,16,20)/t9-,12+,13-/m1/s1. The number of likely N-dealkylation sites (tertiary alicyclic amines) is 1. The van der Waals surface area contributed by atoms with Crippen LogP contribution in [0, 0.1) is 12.8 Å². The first kappa shape index (κ1) is 15.3. The summed E-state index contributed by atoms with van der Waals surface area (Å²) < 4.78 is 10.7. The Morgan fingerprint density at radius 1 is 1.50 bits per heavy atom. The Bertz CT molecular complexity index is 529. The molecule has 0 radical (unpaired) electrons. The fourth-order valence-electron chi connectivity index (χ4n) is 3.21. The molecule has 0 unspecified atom stereocenters. The molecule has 2 heterocycles. The first-order chi connectivity index (χ1) is 10.6. The number of hydrogen-bond acceptors (Lipinski definition) is 5. The molecule has 0 aromatic carbocycles. The number of urea groups is 1. The summed E-state index contributed by atoms with van der Waals surface area (Å²) in [6, 6.07) is -0.0764. The van der Waals surface area contributed by atoms with Crippen LogP contribution in [0.3, 0.4) is 0 Å². The van der Waals surface area contributed by atoms with E-state index in [1.54, 1.807) is 18.9 Å². The summed E-state index contributed by atoms with van der Waals surface area (Å²) in [5.74, 6) is 1.68. The lowest BCUT2D eigenvalue weighted by Crippen LogP contribution is -2.47. The molecule has 22 heavy (non-hydrogen) atoms. The smallest absolute Gasteiger partial charge is 0.318 e. The lowest BCUT2D eigenvalue weighted by Gasteiger charge is -2.33. The van der Waals surface area contributed by atoms with Gasteiger partial charge in [-0.15, -0.1) is 0 Å². The Kier molecular flexibility index (Phi) is 4.33. The normalized spacial score (nSPS) is 26.8. The van der Waals surface area contributed by atoms with E-state index in [0.717, 1.165) is 0 Å². The highest BCUT2D eigenvalue weighted by atomic mass is 16.5. The van der Waals surface area contributed by atoms with E-state index in [9.17, 15) is 4.79 Å². The monoisotopic (exact) mass is 308 g/mol. The second-order valence-corrected chi connectivity index (χ2v) is 6.37. The molecule has 122 valence electrons. The Balaban J connectivity index is 1.69. The molecule has 1 aliphatic heterocycles. The van der Waals surface area contributed by atoms with E-state index in [2.05, 4.69) is 22.4 Å². The molecule has 1 aromatic heterocycles. The highest BCUT2D eigenvalue weighted by molar-refractivity contribution is 5.75. The fourth-order valence-corrected chi connectivity index (χ4v) is 3.21. The van der Waals surface area contributed by atoms with Crippen LogP contribution in [0.15, 0.2) is 4.52 Å². The van der Waals surface area contributed by atoms with Crippen molar-refractivity contribution in [1.82, 2.24) is 20.4 Å². The predicted molar refractivity (Wildman–Crippen MR) is 79.2 cm³/mol. The van der Waals surface area contributed by atoms with Crippen LogP contribution in [0.4, 0.5) is 4.79 Å². The molecule has 0 bridgehead atoms. The molecule has 7 heteroatoms. The van der Waals surface area contributed by atoms with Gasteiger partial charge < -0.3 is 19.5 Å². The van der Waals surface area contributed by atoms with Gasteiger partial charge in [-0.25, -0.2) is 4.79 Å². The average Bonchev–Trinajstić information content (AvgIpc) is 3.02. The molecule has 2 fully saturated rings. The van der Waals surface area contributed by atoms with Crippen molar-refractivity contribution in [1.29, 1.82) is 0 Å². The molecule has 2 amide bonds. The molecule has 7 nitrogen and oxygen atoms in total. The third kappa shape index (κ3) is 2.95. The summed E-state index contributed by atoms with van der Waals surface area (Å²) in [5.41, 5.74) is 0. The lowest BCUT2D eigenvalue weighted by atomic mass is 9.80. The van der Waals surface area contributed by atoms with E-state index in [-0.39, 0.29) is 24.2 Å². The Morgan fingerprint density at radius 3 is 2.82 bits per heavy atom. The van der Waals surface area contributed by atoms with Crippen LogP contribution < -0.4 is 5.32 Å². The van der Waals surface area contributed by atoms with Crippen LogP contribution >= 0.6 is 0 Å². The van der Waals surface area contributed by atoms with E-state index >= 15 is 0 Å². The van der Waals surface area contributed by atoms with Gasteiger partial charge in [-0.1, -0.05) is 11.6 Å². The van der Waals surface area contributed by atoms with Crippen LogP contribution in [0.25, 0.3) is 0 Å². The van der Waals surface area contributed by atoms with Crippen molar-refractivity contribution in [2.75, 3.05) is 13.7 Å². The van der Waals surface area contributed by atoms with Crippen LogP contribution in [-0.4, -0.2) is 46.9 Å². The minimum atomic E-state index is -0.209. The molecule has 1 aromatic rings. The second kappa shape index (κ2) is 6.24. The van der Waals surface area contributed by atoms with Gasteiger partial charge in [0.05, 0.1) is 6.10 Å². The Morgan fingerprint density at radius 2 is 2.27 bits per heavy atom. The van der Waals surface area contributed by atoms with E-state index < -0.39 is 0 Å². The molecular formula is C15H24N4O3. The molecule has 1 saturated carbocycles. The Labute approximate surface area is 130 Å². The third-order valence-corrected chi connectivity index (χ3v) is 4.89. The number of carbonyl (C=O) groups excluding carboxylic acids is 1. The predicted octanol–water partition coefficient (Wildman–Crippen LogP) is 2.04. The van der Waals surface area contributed by atoms with E-state index in [4.69, 9.17) is 9.26 Å². The topological polar surface area (TPSA) is 80.5 Å². The number of aromatic nitrogens is 2. The highest BCUT2D eigenvalue weighted by Crippen LogP contribution is 2.33. The Hall–Kier alpha value is -1.63. The van der Waals surface area contributed by atoms with Gasteiger partial charge >= 0.3 is 6.03 Å². The molecule has 1 saturated heterocycles. The zero-order valence-corrected chi connectivity index (χ0v) is 13.4. The molecular weight excluding hydrogens is 284 g/mol. The maximum Gasteiger partial charge on any atom is 0.318 e. The zero-order valence-electron chi connectivity index (χ0n) is 13.4. The van der Waals surface area contributed by atoms with E-state index in [1.807, 2.05) is 0 Å². The van der Waals surface area contributed by atoms with Gasteiger partial charge in [0, 0.05) is 26.1 Å². The zero-order chi connectivity index (χ0) is 15.7. The van der Waals surface area contributed by atoms with Crippen LogP contribution in [0.1, 0.15) is 50.4 Å².